The monoisotopic (exact) mass is 360 g/mol. The van der Waals surface area contributed by atoms with Crippen molar-refractivity contribution in [1.82, 2.24) is 9.97 Å². The Balaban J connectivity index is 2.48. The molecule has 0 bridgehead atoms. The molecule has 5 nitrogen and oxygen atoms in total. The fraction of sp³-hybridized carbons (Fsp3) is 0.333. The number of rotatable bonds is 5. The molecule has 0 amide bonds. The molecule has 0 unspecified atom stereocenters. The fourth-order valence-corrected chi connectivity index (χ4v) is 2.04. The van der Waals surface area contributed by atoms with Crippen molar-refractivity contribution in [3.63, 3.8) is 0 Å². The highest BCUT2D eigenvalue weighted by atomic mass is 35.5. The third-order valence-electron chi connectivity index (χ3n) is 3.29. The lowest BCUT2D eigenvalue weighted by molar-refractivity contribution is -0.141. The Hall–Kier alpha value is -2.06. The minimum atomic E-state index is -4.66. The number of halogens is 4. The van der Waals surface area contributed by atoms with Gasteiger partial charge in [-0.3, -0.25) is 0 Å². The van der Waals surface area contributed by atoms with Gasteiger partial charge < -0.3 is 16.2 Å². The molecule has 4 N–H and O–H groups in total. The summed E-state index contributed by atoms with van der Waals surface area (Å²) in [5, 5.41) is 12.9. The second kappa shape index (κ2) is 7.23. The van der Waals surface area contributed by atoms with E-state index in [9.17, 15) is 18.3 Å². The molecule has 2 rings (SSSR count). The maximum absolute atomic E-state index is 13.1. The molecule has 0 radical (unpaired) electrons. The number of phenolic OH excluding ortho intramolecular Hbond substituents is 1. The molecule has 0 spiro atoms. The number of anilines is 1. The molecule has 1 aromatic heterocycles. The van der Waals surface area contributed by atoms with Gasteiger partial charge in [0.15, 0.2) is 11.5 Å². The molecule has 2 aromatic rings. The van der Waals surface area contributed by atoms with Gasteiger partial charge in [0.05, 0.1) is 5.56 Å². The van der Waals surface area contributed by atoms with E-state index >= 15 is 0 Å². The zero-order valence-corrected chi connectivity index (χ0v) is 13.5. The molecule has 0 aliphatic carbocycles. The van der Waals surface area contributed by atoms with Gasteiger partial charge in [0.1, 0.15) is 11.6 Å². The number of nitrogens with one attached hydrogen (secondary N) is 1. The lowest BCUT2D eigenvalue weighted by Gasteiger charge is -2.14. The van der Waals surface area contributed by atoms with E-state index in [1.165, 1.54) is 18.2 Å². The molecular formula is C15H16ClF3N4O. The average molecular weight is 361 g/mol. The van der Waals surface area contributed by atoms with Crippen LogP contribution in [0.2, 0.25) is 5.02 Å². The standard InChI is InChI=1S/C15H16ClF3N4O/c1-2-9(20)7-21-13-6-12(15(17,18)19)22-14(23-13)10-5-8(16)3-4-11(10)24/h3-6,9,24H,2,7,20H2,1H3,(H,21,22,23)/t9-/m1/s1. The number of aromatic hydroxyl groups is 1. The van der Waals surface area contributed by atoms with E-state index in [1.807, 2.05) is 6.92 Å². The van der Waals surface area contributed by atoms with Gasteiger partial charge in [-0.15, -0.1) is 0 Å². The van der Waals surface area contributed by atoms with Crippen molar-refractivity contribution in [2.24, 2.45) is 5.73 Å². The highest BCUT2D eigenvalue weighted by molar-refractivity contribution is 6.30. The largest absolute Gasteiger partial charge is 0.507 e. The van der Waals surface area contributed by atoms with Gasteiger partial charge in [0, 0.05) is 23.7 Å². The number of benzene rings is 1. The molecular weight excluding hydrogens is 345 g/mol. The summed E-state index contributed by atoms with van der Waals surface area (Å²) >= 11 is 5.84. The van der Waals surface area contributed by atoms with Gasteiger partial charge in [0.25, 0.3) is 0 Å². The quantitative estimate of drug-likeness (QED) is 0.757. The third-order valence-corrected chi connectivity index (χ3v) is 3.52. The number of hydrogen-bond donors (Lipinski definition) is 3. The first-order valence-corrected chi connectivity index (χ1v) is 7.53. The van der Waals surface area contributed by atoms with Crippen molar-refractivity contribution in [3.05, 3.63) is 35.0 Å². The molecule has 1 atom stereocenters. The Kier molecular flexibility index (Phi) is 5.51. The van der Waals surface area contributed by atoms with Gasteiger partial charge in [-0.05, 0) is 24.6 Å². The summed E-state index contributed by atoms with van der Waals surface area (Å²) < 4.78 is 39.2. The summed E-state index contributed by atoms with van der Waals surface area (Å²) in [6.45, 7) is 2.12. The molecule has 9 heteroatoms. The first-order chi connectivity index (χ1) is 11.2. The van der Waals surface area contributed by atoms with Crippen LogP contribution in [0.4, 0.5) is 19.0 Å². The van der Waals surface area contributed by atoms with Gasteiger partial charge in [-0.1, -0.05) is 18.5 Å². The summed E-state index contributed by atoms with van der Waals surface area (Å²) in [5.74, 6) is -0.581. The molecule has 1 heterocycles. The Morgan fingerprint density at radius 1 is 1.29 bits per heavy atom. The molecule has 0 saturated carbocycles. The Morgan fingerprint density at radius 2 is 2.00 bits per heavy atom. The van der Waals surface area contributed by atoms with Crippen LogP contribution in [0.3, 0.4) is 0 Å². The second-order valence-electron chi connectivity index (χ2n) is 5.17. The van der Waals surface area contributed by atoms with Crippen molar-refractivity contribution in [3.8, 4) is 17.1 Å². The number of nitrogens with two attached hydrogens (primary N) is 1. The molecule has 24 heavy (non-hydrogen) atoms. The summed E-state index contributed by atoms with van der Waals surface area (Å²) in [6, 6.07) is 4.55. The summed E-state index contributed by atoms with van der Waals surface area (Å²) in [4.78, 5) is 7.53. The highest BCUT2D eigenvalue weighted by Gasteiger charge is 2.34. The van der Waals surface area contributed by atoms with E-state index in [0.29, 0.717) is 6.42 Å². The smallest absolute Gasteiger partial charge is 0.433 e. The summed E-state index contributed by atoms with van der Waals surface area (Å²) in [7, 11) is 0. The van der Waals surface area contributed by atoms with Gasteiger partial charge in [-0.2, -0.15) is 13.2 Å². The van der Waals surface area contributed by atoms with Crippen LogP contribution in [0, 0.1) is 0 Å². The minimum absolute atomic E-state index is 0.0106. The van der Waals surface area contributed by atoms with Crippen LogP contribution in [0.25, 0.3) is 11.4 Å². The maximum Gasteiger partial charge on any atom is 0.433 e. The van der Waals surface area contributed by atoms with E-state index in [0.717, 1.165) is 6.07 Å². The van der Waals surface area contributed by atoms with Crippen molar-refractivity contribution in [2.45, 2.75) is 25.6 Å². The predicted octanol–water partition coefficient (Wildman–Crippen LogP) is 3.67. The van der Waals surface area contributed by atoms with Crippen LogP contribution < -0.4 is 11.1 Å². The van der Waals surface area contributed by atoms with Crippen LogP contribution in [-0.4, -0.2) is 27.7 Å². The van der Waals surface area contributed by atoms with Gasteiger partial charge >= 0.3 is 6.18 Å². The highest BCUT2D eigenvalue weighted by Crippen LogP contribution is 2.34. The van der Waals surface area contributed by atoms with E-state index < -0.39 is 11.9 Å². The minimum Gasteiger partial charge on any atom is -0.507 e. The number of aromatic nitrogens is 2. The van der Waals surface area contributed by atoms with Crippen molar-refractivity contribution >= 4 is 17.4 Å². The Bertz CT molecular complexity index is 724. The Morgan fingerprint density at radius 3 is 2.62 bits per heavy atom. The SMILES string of the molecule is CC[C@@H](N)CNc1cc(C(F)(F)F)nc(-c2cc(Cl)ccc2O)n1. The summed E-state index contributed by atoms with van der Waals surface area (Å²) in [5.41, 5.74) is 4.64. The lowest BCUT2D eigenvalue weighted by atomic mass is 10.2. The van der Waals surface area contributed by atoms with Crippen molar-refractivity contribution in [2.75, 3.05) is 11.9 Å². The topological polar surface area (TPSA) is 84.1 Å². The number of nitrogens with zero attached hydrogens (tertiary/aromatic N) is 2. The summed E-state index contributed by atoms with van der Waals surface area (Å²) in [6.07, 6.45) is -4.00. The van der Waals surface area contributed by atoms with E-state index in [2.05, 4.69) is 15.3 Å². The predicted molar refractivity (Wildman–Crippen MR) is 85.9 cm³/mol. The zero-order valence-electron chi connectivity index (χ0n) is 12.7. The molecule has 130 valence electrons. The number of hydrogen-bond acceptors (Lipinski definition) is 5. The van der Waals surface area contributed by atoms with Crippen molar-refractivity contribution < 1.29 is 18.3 Å². The first kappa shape index (κ1) is 18.3. The zero-order chi connectivity index (χ0) is 17.9. The maximum atomic E-state index is 13.1. The molecule has 0 fully saturated rings. The van der Waals surface area contributed by atoms with Crippen LogP contribution in [0.15, 0.2) is 24.3 Å². The van der Waals surface area contributed by atoms with E-state index in [4.69, 9.17) is 17.3 Å². The van der Waals surface area contributed by atoms with Crippen LogP contribution in [-0.2, 0) is 6.18 Å². The third kappa shape index (κ3) is 4.48. The van der Waals surface area contributed by atoms with Crippen LogP contribution in [0.1, 0.15) is 19.0 Å². The first-order valence-electron chi connectivity index (χ1n) is 7.15. The molecule has 0 aliphatic rings. The molecule has 1 aromatic carbocycles. The number of alkyl halides is 3. The normalized spacial score (nSPS) is 12.9. The lowest BCUT2D eigenvalue weighted by Crippen LogP contribution is -2.28. The molecule has 0 aliphatic heterocycles. The van der Waals surface area contributed by atoms with Crippen LogP contribution >= 0.6 is 11.6 Å². The van der Waals surface area contributed by atoms with Gasteiger partial charge in [-0.25, -0.2) is 9.97 Å². The second-order valence-corrected chi connectivity index (χ2v) is 5.61. The van der Waals surface area contributed by atoms with E-state index in [1.54, 1.807) is 0 Å². The fourth-order valence-electron chi connectivity index (χ4n) is 1.87. The Labute approximate surface area is 141 Å². The number of phenols is 1. The van der Waals surface area contributed by atoms with Gasteiger partial charge in [0.2, 0.25) is 0 Å². The van der Waals surface area contributed by atoms with E-state index in [-0.39, 0.29) is 40.6 Å². The average Bonchev–Trinajstić information content (AvgIpc) is 2.53. The van der Waals surface area contributed by atoms with Crippen molar-refractivity contribution in [1.29, 1.82) is 0 Å². The van der Waals surface area contributed by atoms with Crippen LogP contribution in [0.5, 0.6) is 5.75 Å². The molecule has 0 saturated heterocycles.